The largest absolute Gasteiger partial charge is 0.393 e. The highest BCUT2D eigenvalue weighted by molar-refractivity contribution is 7.80. The number of nitrogens with two attached hydrogens (primary N) is 1. The van der Waals surface area contributed by atoms with E-state index in [1.165, 1.54) is 12.8 Å². The second-order valence-electron chi connectivity index (χ2n) is 5.91. The molecule has 1 rings (SSSR count). The van der Waals surface area contributed by atoms with E-state index >= 15 is 0 Å². The van der Waals surface area contributed by atoms with Gasteiger partial charge in [0.05, 0.1) is 4.99 Å². The van der Waals surface area contributed by atoms with Crippen LogP contribution >= 0.6 is 12.2 Å². The van der Waals surface area contributed by atoms with E-state index in [1.54, 1.807) is 0 Å². The predicted octanol–water partition coefficient (Wildman–Crippen LogP) is 2.58. The summed E-state index contributed by atoms with van der Waals surface area (Å²) in [6, 6.07) is 0. The SMILES string of the molecule is CC(C)CN(CCC(N)=S)C(=O)C1CCCC1C. The van der Waals surface area contributed by atoms with Crippen LogP contribution in [0.4, 0.5) is 0 Å². The van der Waals surface area contributed by atoms with Gasteiger partial charge in [-0.3, -0.25) is 4.79 Å². The van der Waals surface area contributed by atoms with Crippen LogP contribution < -0.4 is 5.73 Å². The zero-order valence-electron chi connectivity index (χ0n) is 11.8. The van der Waals surface area contributed by atoms with Gasteiger partial charge in [-0.1, -0.05) is 39.4 Å². The first-order valence-electron chi connectivity index (χ1n) is 6.99. The highest BCUT2D eigenvalue weighted by Gasteiger charge is 2.32. The maximum atomic E-state index is 12.5. The summed E-state index contributed by atoms with van der Waals surface area (Å²) in [4.78, 5) is 15.0. The molecule has 0 heterocycles. The molecule has 0 aromatic heterocycles. The van der Waals surface area contributed by atoms with Crippen molar-refractivity contribution >= 4 is 23.1 Å². The van der Waals surface area contributed by atoms with Crippen LogP contribution in [0.5, 0.6) is 0 Å². The summed E-state index contributed by atoms with van der Waals surface area (Å²) in [6.07, 6.45) is 4.04. The van der Waals surface area contributed by atoms with Crippen molar-refractivity contribution in [2.45, 2.75) is 46.5 Å². The van der Waals surface area contributed by atoms with Gasteiger partial charge in [0.2, 0.25) is 5.91 Å². The molecule has 3 nitrogen and oxygen atoms in total. The average molecular weight is 270 g/mol. The highest BCUT2D eigenvalue weighted by Crippen LogP contribution is 2.32. The highest BCUT2D eigenvalue weighted by atomic mass is 32.1. The van der Waals surface area contributed by atoms with Crippen molar-refractivity contribution in [3.8, 4) is 0 Å². The fraction of sp³-hybridized carbons (Fsp3) is 0.857. The first-order valence-corrected chi connectivity index (χ1v) is 7.39. The fourth-order valence-electron chi connectivity index (χ4n) is 2.72. The Morgan fingerprint density at radius 2 is 2.11 bits per heavy atom. The van der Waals surface area contributed by atoms with Gasteiger partial charge in [-0.25, -0.2) is 0 Å². The Balaban J connectivity index is 2.62. The summed E-state index contributed by atoms with van der Waals surface area (Å²) in [7, 11) is 0. The van der Waals surface area contributed by atoms with E-state index < -0.39 is 0 Å². The van der Waals surface area contributed by atoms with Crippen LogP contribution in [-0.2, 0) is 4.79 Å². The third-order valence-corrected chi connectivity index (χ3v) is 3.91. The first-order chi connectivity index (χ1) is 8.41. The molecule has 1 aliphatic rings. The minimum Gasteiger partial charge on any atom is -0.393 e. The van der Waals surface area contributed by atoms with E-state index in [9.17, 15) is 4.79 Å². The summed E-state index contributed by atoms with van der Waals surface area (Å²) in [5.41, 5.74) is 5.55. The van der Waals surface area contributed by atoms with Gasteiger partial charge in [-0.05, 0) is 24.7 Å². The predicted molar refractivity (Wildman–Crippen MR) is 79.3 cm³/mol. The molecule has 2 unspecified atom stereocenters. The molecule has 0 aromatic carbocycles. The van der Waals surface area contributed by atoms with Crippen LogP contribution in [0.3, 0.4) is 0 Å². The van der Waals surface area contributed by atoms with Crippen LogP contribution in [0.25, 0.3) is 0 Å². The van der Waals surface area contributed by atoms with Gasteiger partial charge in [0.15, 0.2) is 0 Å². The first kappa shape index (κ1) is 15.4. The number of hydrogen-bond donors (Lipinski definition) is 1. The third kappa shape index (κ3) is 4.56. The van der Waals surface area contributed by atoms with E-state index in [0.717, 1.165) is 13.0 Å². The molecule has 0 radical (unpaired) electrons. The van der Waals surface area contributed by atoms with E-state index in [0.29, 0.717) is 35.7 Å². The Labute approximate surface area is 116 Å². The van der Waals surface area contributed by atoms with E-state index in [1.807, 2.05) is 4.90 Å². The summed E-state index contributed by atoms with van der Waals surface area (Å²) in [5.74, 6) is 1.54. The minimum atomic E-state index is 0.218. The zero-order valence-corrected chi connectivity index (χ0v) is 12.6. The smallest absolute Gasteiger partial charge is 0.225 e. The number of nitrogens with zero attached hydrogens (tertiary/aromatic N) is 1. The molecule has 1 saturated carbocycles. The lowest BCUT2D eigenvalue weighted by Gasteiger charge is -2.28. The van der Waals surface area contributed by atoms with Crippen LogP contribution in [0, 0.1) is 17.8 Å². The van der Waals surface area contributed by atoms with Crippen LogP contribution in [0.1, 0.15) is 46.5 Å². The van der Waals surface area contributed by atoms with Gasteiger partial charge in [-0.15, -0.1) is 0 Å². The van der Waals surface area contributed by atoms with Crippen molar-refractivity contribution in [1.82, 2.24) is 4.90 Å². The second kappa shape index (κ2) is 7.07. The van der Waals surface area contributed by atoms with Crippen molar-refractivity contribution in [1.29, 1.82) is 0 Å². The Morgan fingerprint density at radius 1 is 1.44 bits per heavy atom. The fourth-order valence-corrected chi connectivity index (χ4v) is 2.82. The molecule has 4 heteroatoms. The number of carbonyl (C=O) groups is 1. The molecule has 0 aliphatic heterocycles. The molecule has 0 spiro atoms. The molecule has 0 bridgehead atoms. The summed E-state index contributed by atoms with van der Waals surface area (Å²) < 4.78 is 0. The minimum absolute atomic E-state index is 0.218. The van der Waals surface area contributed by atoms with E-state index in [-0.39, 0.29) is 5.92 Å². The van der Waals surface area contributed by atoms with Gasteiger partial charge in [0.25, 0.3) is 0 Å². The maximum Gasteiger partial charge on any atom is 0.225 e. The van der Waals surface area contributed by atoms with E-state index in [4.69, 9.17) is 18.0 Å². The lowest BCUT2D eigenvalue weighted by molar-refractivity contribution is -0.137. The van der Waals surface area contributed by atoms with Crippen molar-refractivity contribution in [3.05, 3.63) is 0 Å². The van der Waals surface area contributed by atoms with Crippen LogP contribution in [0.2, 0.25) is 0 Å². The third-order valence-electron chi connectivity index (χ3n) is 3.70. The molecular weight excluding hydrogens is 244 g/mol. The Kier molecular flexibility index (Phi) is 6.06. The number of thiocarbonyl (C=S) groups is 1. The molecule has 1 fully saturated rings. The number of amides is 1. The van der Waals surface area contributed by atoms with Crippen molar-refractivity contribution in [3.63, 3.8) is 0 Å². The number of rotatable bonds is 6. The number of hydrogen-bond acceptors (Lipinski definition) is 2. The molecular formula is C14H26N2OS. The lowest BCUT2D eigenvalue weighted by Crippen LogP contribution is -2.41. The summed E-state index contributed by atoms with van der Waals surface area (Å²) in [5, 5.41) is 0. The molecule has 0 saturated heterocycles. The normalized spacial score (nSPS) is 23.3. The van der Waals surface area contributed by atoms with E-state index in [2.05, 4.69) is 20.8 Å². The van der Waals surface area contributed by atoms with Gasteiger partial charge in [-0.2, -0.15) is 0 Å². The Hall–Kier alpha value is -0.640. The summed E-state index contributed by atoms with van der Waals surface area (Å²) >= 11 is 4.91. The van der Waals surface area contributed by atoms with Gasteiger partial charge in [0, 0.05) is 25.4 Å². The zero-order chi connectivity index (χ0) is 13.7. The average Bonchev–Trinajstić information content (AvgIpc) is 2.69. The van der Waals surface area contributed by atoms with Gasteiger partial charge < -0.3 is 10.6 Å². The van der Waals surface area contributed by atoms with Crippen LogP contribution in [0.15, 0.2) is 0 Å². The molecule has 2 atom stereocenters. The Morgan fingerprint density at radius 3 is 2.56 bits per heavy atom. The second-order valence-corrected chi connectivity index (χ2v) is 6.43. The topological polar surface area (TPSA) is 46.3 Å². The van der Waals surface area contributed by atoms with Crippen molar-refractivity contribution in [2.75, 3.05) is 13.1 Å². The van der Waals surface area contributed by atoms with Gasteiger partial charge in [0.1, 0.15) is 0 Å². The molecule has 104 valence electrons. The molecule has 1 amide bonds. The quantitative estimate of drug-likeness (QED) is 0.755. The van der Waals surface area contributed by atoms with Crippen molar-refractivity contribution < 1.29 is 4.79 Å². The standard InChI is InChI=1S/C14H26N2OS/c1-10(2)9-16(8-7-13(15)18)14(17)12-6-4-5-11(12)3/h10-12H,4-9H2,1-3H3,(H2,15,18). The van der Waals surface area contributed by atoms with Gasteiger partial charge >= 0.3 is 0 Å². The number of carbonyl (C=O) groups excluding carboxylic acids is 1. The Bertz CT molecular complexity index is 304. The molecule has 0 aromatic rings. The summed E-state index contributed by atoms with van der Waals surface area (Å²) in [6.45, 7) is 7.95. The van der Waals surface area contributed by atoms with Crippen LogP contribution in [-0.4, -0.2) is 28.9 Å². The molecule has 18 heavy (non-hydrogen) atoms. The maximum absolute atomic E-state index is 12.5. The monoisotopic (exact) mass is 270 g/mol. The lowest BCUT2D eigenvalue weighted by atomic mass is 9.96. The molecule has 1 aliphatic carbocycles. The van der Waals surface area contributed by atoms with Crippen molar-refractivity contribution in [2.24, 2.45) is 23.5 Å². The molecule has 2 N–H and O–H groups in total.